The number of hydrogen-bond acceptors (Lipinski definition) is 4. The quantitative estimate of drug-likeness (QED) is 0.719. The second-order valence-electron chi connectivity index (χ2n) is 6.26. The highest BCUT2D eigenvalue weighted by atomic mass is 16.3. The van der Waals surface area contributed by atoms with Crippen LogP contribution in [-0.2, 0) is 19.5 Å². The summed E-state index contributed by atoms with van der Waals surface area (Å²) in [5, 5.41) is 9.71. The molecule has 0 radical (unpaired) electrons. The van der Waals surface area contributed by atoms with Crippen molar-refractivity contribution in [1.29, 1.82) is 0 Å². The molecule has 2 heterocycles. The molecule has 2 aromatic rings. The van der Waals surface area contributed by atoms with Crippen LogP contribution >= 0.6 is 0 Å². The first-order valence-corrected chi connectivity index (χ1v) is 8.60. The zero-order chi connectivity index (χ0) is 17.4. The van der Waals surface area contributed by atoms with Crippen molar-refractivity contribution < 1.29 is 5.11 Å². The van der Waals surface area contributed by atoms with Crippen LogP contribution in [0.3, 0.4) is 0 Å². The fourth-order valence-electron chi connectivity index (χ4n) is 2.70. The Morgan fingerprint density at radius 2 is 2.00 bits per heavy atom. The van der Waals surface area contributed by atoms with E-state index in [0.29, 0.717) is 6.54 Å². The van der Waals surface area contributed by atoms with Crippen molar-refractivity contribution in [2.24, 2.45) is 0 Å². The smallest absolute Gasteiger partial charge is 0.223 e. The molecule has 24 heavy (non-hydrogen) atoms. The minimum Gasteiger partial charge on any atom is -0.503 e. The number of likely N-dealkylation sites (N-methyl/N-ethyl adjacent to an activating group) is 1. The number of aromatic hydroxyl groups is 1. The van der Waals surface area contributed by atoms with Crippen LogP contribution < -0.4 is 5.43 Å². The second-order valence-corrected chi connectivity index (χ2v) is 6.26. The molecular weight excluding hydrogens is 302 g/mol. The summed E-state index contributed by atoms with van der Waals surface area (Å²) in [6.07, 6.45) is 9.46. The van der Waals surface area contributed by atoms with Gasteiger partial charge in [0.05, 0.1) is 6.20 Å². The van der Waals surface area contributed by atoms with Crippen LogP contribution in [0.25, 0.3) is 0 Å². The Morgan fingerprint density at radius 3 is 2.71 bits per heavy atom. The van der Waals surface area contributed by atoms with Gasteiger partial charge in [0.15, 0.2) is 5.75 Å². The first kappa shape index (κ1) is 18.2. The Labute approximate surface area is 143 Å². The Bertz CT molecular complexity index is 683. The molecule has 2 rings (SSSR count). The summed E-state index contributed by atoms with van der Waals surface area (Å²) in [5.41, 5.74) is 1.90. The molecule has 0 unspecified atom stereocenters. The molecule has 0 fully saturated rings. The predicted octanol–water partition coefficient (Wildman–Crippen LogP) is 2.81. The molecule has 130 valence electrons. The van der Waals surface area contributed by atoms with Crippen molar-refractivity contribution in [1.82, 2.24) is 14.5 Å². The van der Waals surface area contributed by atoms with Crippen molar-refractivity contribution in [3.8, 4) is 5.75 Å². The normalized spacial score (nSPS) is 11.1. The molecule has 0 bridgehead atoms. The average molecular weight is 329 g/mol. The zero-order valence-electron chi connectivity index (χ0n) is 14.6. The van der Waals surface area contributed by atoms with Gasteiger partial charge in [0, 0.05) is 43.8 Å². The van der Waals surface area contributed by atoms with Gasteiger partial charge in [0.25, 0.3) is 0 Å². The van der Waals surface area contributed by atoms with Gasteiger partial charge in [-0.2, -0.15) is 0 Å². The van der Waals surface area contributed by atoms with Gasteiger partial charge >= 0.3 is 0 Å². The number of hydrogen-bond donors (Lipinski definition) is 1. The van der Waals surface area contributed by atoms with Crippen LogP contribution in [0.1, 0.15) is 37.4 Å². The lowest BCUT2D eigenvalue weighted by molar-refractivity contribution is 0.318. The van der Waals surface area contributed by atoms with E-state index in [4.69, 9.17) is 0 Å². The molecule has 0 aliphatic rings. The minimum atomic E-state index is -0.306. The third kappa shape index (κ3) is 5.49. The van der Waals surface area contributed by atoms with Gasteiger partial charge in [-0.05, 0) is 37.6 Å². The van der Waals surface area contributed by atoms with E-state index in [-0.39, 0.29) is 11.2 Å². The Kier molecular flexibility index (Phi) is 7.00. The molecule has 0 aromatic carbocycles. The molecule has 0 saturated carbocycles. The number of pyridine rings is 2. The van der Waals surface area contributed by atoms with E-state index in [0.717, 1.165) is 44.5 Å². The van der Waals surface area contributed by atoms with Gasteiger partial charge in [0.2, 0.25) is 5.43 Å². The van der Waals surface area contributed by atoms with Gasteiger partial charge in [0.1, 0.15) is 0 Å². The summed E-state index contributed by atoms with van der Waals surface area (Å²) in [7, 11) is 2.05. The van der Waals surface area contributed by atoms with Crippen molar-refractivity contribution in [2.45, 2.75) is 45.7 Å². The van der Waals surface area contributed by atoms with E-state index < -0.39 is 0 Å². The SMILES string of the molecule is CCCCCn1cc(O)c(=O)cc1CN(C)CCc1ccncc1. The molecule has 0 aliphatic carbocycles. The van der Waals surface area contributed by atoms with E-state index in [1.165, 1.54) is 5.56 Å². The van der Waals surface area contributed by atoms with Gasteiger partial charge in [-0.15, -0.1) is 0 Å². The lowest BCUT2D eigenvalue weighted by Crippen LogP contribution is -2.24. The second kappa shape index (κ2) is 9.23. The van der Waals surface area contributed by atoms with Gasteiger partial charge in [-0.1, -0.05) is 19.8 Å². The van der Waals surface area contributed by atoms with E-state index >= 15 is 0 Å². The minimum absolute atomic E-state index is 0.172. The van der Waals surface area contributed by atoms with Crippen LogP contribution in [0, 0.1) is 0 Å². The van der Waals surface area contributed by atoms with Gasteiger partial charge < -0.3 is 14.6 Å². The van der Waals surface area contributed by atoms with Crippen LogP contribution in [0.4, 0.5) is 0 Å². The molecule has 1 N–H and O–H groups in total. The highest BCUT2D eigenvalue weighted by Gasteiger charge is 2.09. The summed E-state index contributed by atoms with van der Waals surface area (Å²) in [4.78, 5) is 18.0. The van der Waals surface area contributed by atoms with Gasteiger partial charge in [-0.3, -0.25) is 9.78 Å². The first-order chi connectivity index (χ1) is 11.6. The third-order valence-electron chi connectivity index (χ3n) is 4.16. The Hall–Kier alpha value is -2.14. The van der Waals surface area contributed by atoms with E-state index in [1.807, 2.05) is 16.7 Å². The molecule has 2 aromatic heterocycles. The lowest BCUT2D eigenvalue weighted by Gasteiger charge is -2.20. The average Bonchev–Trinajstić information content (AvgIpc) is 2.58. The van der Waals surface area contributed by atoms with Crippen molar-refractivity contribution in [2.75, 3.05) is 13.6 Å². The number of nitrogens with zero attached hydrogens (tertiary/aromatic N) is 3. The highest BCUT2D eigenvalue weighted by molar-refractivity contribution is 5.20. The summed E-state index contributed by atoms with van der Waals surface area (Å²) in [6.45, 7) is 4.58. The number of rotatable bonds is 9. The Balaban J connectivity index is 2.01. The monoisotopic (exact) mass is 329 g/mol. The van der Waals surface area contributed by atoms with E-state index in [1.54, 1.807) is 24.7 Å². The largest absolute Gasteiger partial charge is 0.503 e. The van der Waals surface area contributed by atoms with E-state index in [2.05, 4.69) is 23.9 Å². The van der Waals surface area contributed by atoms with E-state index in [9.17, 15) is 9.90 Å². The number of aromatic nitrogens is 2. The summed E-state index contributed by atoms with van der Waals surface area (Å²) in [6, 6.07) is 5.61. The maximum absolute atomic E-state index is 11.8. The summed E-state index contributed by atoms with van der Waals surface area (Å²) in [5.74, 6) is -0.172. The van der Waals surface area contributed by atoms with Gasteiger partial charge in [-0.25, -0.2) is 0 Å². The maximum atomic E-state index is 11.8. The molecule has 5 nitrogen and oxygen atoms in total. The van der Waals surface area contributed by atoms with Crippen LogP contribution in [0.5, 0.6) is 5.75 Å². The first-order valence-electron chi connectivity index (χ1n) is 8.60. The fourth-order valence-corrected chi connectivity index (χ4v) is 2.70. The molecule has 0 amide bonds. The zero-order valence-corrected chi connectivity index (χ0v) is 14.6. The van der Waals surface area contributed by atoms with Crippen LogP contribution in [0.15, 0.2) is 41.6 Å². The van der Waals surface area contributed by atoms with Crippen molar-refractivity contribution in [3.63, 3.8) is 0 Å². The highest BCUT2D eigenvalue weighted by Crippen LogP contribution is 2.10. The van der Waals surface area contributed by atoms with Crippen LogP contribution in [0.2, 0.25) is 0 Å². The molecular formula is C19H27N3O2. The lowest BCUT2D eigenvalue weighted by atomic mass is 10.2. The van der Waals surface area contributed by atoms with Crippen molar-refractivity contribution >= 4 is 0 Å². The summed E-state index contributed by atoms with van der Waals surface area (Å²) < 4.78 is 2.01. The fraction of sp³-hybridized carbons (Fsp3) is 0.474. The van der Waals surface area contributed by atoms with Crippen molar-refractivity contribution in [3.05, 3.63) is 58.3 Å². The number of unbranched alkanes of at least 4 members (excludes halogenated alkanes) is 2. The molecule has 0 spiro atoms. The third-order valence-corrected chi connectivity index (χ3v) is 4.16. The predicted molar refractivity (Wildman–Crippen MR) is 96.2 cm³/mol. The Morgan fingerprint density at radius 1 is 1.25 bits per heavy atom. The summed E-state index contributed by atoms with van der Waals surface area (Å²) >= 11 is 0. The number of aryl methyl sites for hydroxylation is 1. The molecule has 0 saturated heterocycles. The molecule has 0 aliphatic heterocycles. The maximum Gasteiger partial charge on any atom is 0.223 e. The molecule has 5 heteroatoms. The topological polar surface area (TPSA) is 58.4 Å². The molecule has 0 atom stereocenters. The standard InChI is InChI=1S/C19H27N3O2/c1-3-4-5-11-22-15-19(24)18(23)13-17(22)14-21(2)12-8-16-6-9-20-10-7-16/h6-7,9-10,13,15,24H,3-5,8,11-12,14H2,1-2H3. The van der Waals surface area contributed by atoms with Crippen LogP contribution in [-0.4, -0.2) is 33.1 Å².